The van der Waals surface area contributed by atoms with Crippen molar-refractivity contribution in [2.45, 2.75) is 6.54 Å². The molecular formula is C15H12N4O3. The van der Waals surface area contributed by atoms with Crippen molar-refractivity contribution in [3.05, 3.63) is 69.3 Å². The molecule has 0 aliphatic heterocycles. The van der Waals surface area contributed by atoms with Crippen molar-refractivity contribution in [1.29, 1.82) is 5.26 Å². The Morgan fingerprint density at radius 3 is 2.50 bits per heavy atom. The molecule has 0 saturated heterocycles. The Hall–Kier alpha value is -3.40. The summed E-state index contributed by atoms with van der Waals surface area (Å²) in [4.78, 5) is 21.5. The maximum absolute atomic E-state index is 11.0. The zero-order chi connectivity index (χ0) is 16.1. The van der Waals surface area contributed by atoms with Crippen molar-refractivity contribution in [3.8, 4) is 6.07 Å². The molecule has 2 aromatic carbocycles. The van der Waals surface area contributed by atoms with Gasteiger partial charge in [0, 0.05) is 18.2 Å². The number of carbonyl (C=O) groups is 1. The molecule has 22 heavy (non-hydrogen) atoms. The predicted octanol–water partition coefficient (Wildman–Crippen LogP) is 2.18. The number of carbonyl (C=O) groups excluding carboxylic acids is 1. The van der Waals surface area contributed by atoms with Gasteiger partial charge in [-0.1, -0.05) is 12.1 Å². The Kier molecular flexibility index (Phi) is 4.34. The van der Waals surface area contributed by atoms with Crippen LogP contribution in [-0.2, 0) is 6.54 Å². The van der Waals surface area contributed by atoms with Gasteiger partial charge in [-0.05, 0) is 29.8 Å². The number of nitrogens with two attached hydrogens (primary N) is 1. The van der Waals surface area contributed by atoms with E-state index in [1.807, 2.05) is 6.07 Å². The number of nitrogens with one attached hydrogen (secondary N) is 1. The molecule has 0 heterocycles. The highest BCUT2D eigenvalue weighted by Crippen LogP contribution is 2.25. The van der Waals surface area contributed by atoms with Crippen LogP contribution in [0.15, 0.2) is 42.5 Å². The fourth-order valence-electron chi connectivity index (χ4n) is 1.89. The second-order valence-electron chi connectivity index (χ2n) is 4.52. The second kappa shape index (κ2) is 6.37. The molecule has 0 spiro atoms. The predicted molar refractivity (Wildman–Crippen MR) is 80.1 cm³/mol. The summed E-state index contributed by atoms with van der Waals surface area (Å²) < 4.78 is 0. The maximum Gasteiger partial charge on any atom is 0.292 e. The van der Waals surface area contributed by atoms with Crippen molar-refractivity contribution < 1.29 is 9.72 Å². The minimum atomic E-state index is -0.517. The van der Waals surface area contributed by atoms with E-state index in [2.05, 4.69) is 5.32 Å². The zero-order valence-corrected chi connectivity index (χ0v) is 11.4. The molecule has 1 amide bonds. The molecule has 0 aliphatic carbocycles. The molecular weight excluding hydrogens is 284 g/mol. The lowest BCUT2D eigenvalue weighted by Gasteiger charge is -2.08. The lowest BCUT2D eigenvalue weighted by atomic mass is 10.1. The van der Waals surface area contributed by atoms with Crippen molar-refractivity contribution in [2.24, 2.45) is 5.73 Å². The summed E-state index contributed by atoms with van der Waals surface area (Å²) in [6, 6.07) is 12.6. The molecule has 0 saturated carbocycles. The average Bonchev–Trinajstić information content (AvgIpc) is 2.52. The lowest BCUT2D eigenvalue weighted by Crippen LogP contribution is -2.11. The van der Waals surface area contributed by atoms with Gasteiger partial charge in [0.2, 0.25) is 5.91 Å². The molecule has 0 aliphatic rings. The average molecular weight is 296 g/mol. The van der Waals surface area contributed by atoms with Gasteiger partial charge in [-0.2, -0.15) is 5.26 Å². The number of hydrogen-bond donors (Lipinski definition) is 2. The largest absolute Gasteiger partial charge is 0.375 e. The first-order chi connectivity index (χ1) is 10.5. The molecule has 0 unspecified atom stereocenters. The number of nitriles is 1. The first-order valence-corrected chi connectivity index (χ1v) is 6.32. The van der Waals surface area contributed by atoms with E-state index in [4.69, 9.17) is 11.0 Å². The zero-order valence-electron chi connectivity index (χ0n) is 11.4. The minimum absolute atomic E-state index is 0.104. The lowest BCUT2D eigenvalue weighted by molar-refractivity contribution is -0.384. The van der Waals surface area contributed by atoms with Gasteiger partial charge in [0.1, 0.15) is 5.69 Å². The molecule has 0 bridgehead atoms. The topological polar surface area (TPSA) is 122 Å². The smallest absolute Gasteiger partial charge is 0.292 e. The van der Waals surface area contributed by atoms with Crippen LogP contribution in [0.2, 0.25) is 0 Å². The van der Waals surface area contributed by atoms with E-state index in [-0.39, 0.29) is 11.4 Å². The van der Waals surface area contributed by atoms with Crippen LogP contribution in [0, 0.1) is 21.4 Å². The van der Waals surface area contributed by atoms with Gasteiger partial charge in [-0.3, -0.25) is 14.9 Å². The third kappa shape index (κ3) is 3.37. The Bertz CT molecular complexity index is 763. The third-order valence-corrected chi connectivity index (χ3v) is 3.04. The quantitative estimate of drug-likeness (QED) is 0.646. The number of nitro benzene ring substituents is 1. The van der Waals surface area contributed by atoms with Crippen LogP contribution in [0.5, 0.6) is 0 Å². The summed E-state index contributed by atoms with van der Waals surface area (Å²) in [5, 5.41) is 22.8. The first-order valence-electron chi connectivity index (χ1n) is 6.32. The van der Waals surface area contributed by atoms with Gasteiger partial charge in [-0.25, -0.2) is 0 Å². The minimum Gasteiger partial charge on any atom is -0.375 e. The van der Waals surface area contributed by atoms with Gasteiger partial charge < -0.3 is 11.1 Å². The van der Waals surface area contributed by atoms with Crippen molar-refractivity contribution in [3.63, 3.8) is 0 Å². The Morgan fingerprint density at radius 2 is 1.95 bits per heavy atom. The summed E-state index contributed by atoms with van der Waals surface area (Å²) in [7, 11) is 0. The van der Waals surface area contributed by atoms with Crippen LogP contribution in [0.3, 0.4) is 0 Å². The molecule has 0 aromatic heterocycles. The molecule has 7 heteroatoms. The van der Waals surface area contributed by atoms with E-state index in [1.165, 1.54) is 18.2 Å². The Labute approximate surface area is 126 Å². The molecule has 0 atom stereocenters. The number of primary amides is 1. The van der Waals surface area contributed by atoms with E-state index >= 15 is 0 Å². The van der Waals surface area contributed by atoms with Gasteiger partial charge >= 0.3 is 0 Å². The standard InChI is InChI=1S/C15H12N4O3/c16-8-11-3-6-14(19(21)22)13(7-11)18-9-10-1-4-12(5-2-10)15(17)20/h1-7,18H,9H2,(H2,17,20). The van der Waals surface area contributed by atoms with Crippen LogP contribution < -0.4 is 11.1 Å². The summed E-state index contributed by atoms with van der Waals surface area (Å²) >= 11 is 0. The van der Waals surface area contributed by atoms with Gasteiger partial charge in [0.05, 0.1) is 16.6 Å². The monoisotopic (exact) mass is 296 g/mol. The number of amides is 1. The first kappa shape index (κ1) is 15.0. The fraction of sp³-hybridized carbons (Fsp3) is 0.0667. The maximum atomic E-state index is 11.0. The van der Waals surface area contributed by atoms with Crippen LogP contribution in [0.4, 0.5) is 11.4 Å². The van der Waals surface area contributed by atoms with Crippen LogP contribution in [-0.4, -0.2) is 10.8 Å². The van der Waals surface area contributed by atoms with Crippen LogP contribution in [0.25, 0.3) is 0 Å². The molecule has 3 N–H and O–H groups in total. The van der Waals surface area contributed by atoms with Gasteiger partial charge in [0.15, 0.2) is 0 Å². The Balaban J connectivity index is 2.18. The summed E-state index contributed by atoms with van der Waals surface area (Å²) in [5.41, 5.74) is 6.86. The number of benzene rings is 2. The molecule has 0 fully saturated rings. The van der Waals surface area contributed by atoms with E-state index in [9.17, 15) is 14.9 Å². The fourth-order valence-corrected chi connectivity index (χ4v) is 1.89. The normalized spacial score (nSPS) is 9.77. The SMILES string of the molecule is N#Cc1ccc([N+](=O)[O-])c(NCc2ccc(C(N)=O)cc2)c1. The Morgan fingerprint density at radius 1 is 1.27 bits per heavy atom. The van der Waals surface area contributed by atoms with E-state index in [1.54, 1.807) is 24.3 Å². The van der Waals surface area contributed by atoms with Gasteiger partial charge in [0.25, 0.3) is 5.69 Å². The number of nitro groups is 1. The van der Waals surface area contributed by atoms with E-state index in [0.717, 1.165) is 5.56 Å². The number of rotatable bonds is 5. The van der Waals surface area contributed by atoms with Crippen molar-refractivity contribution in [1.82, 2.24) is 0 Å². The second-order valence-corrected chi connectivity index (χ2v) is 4.52. The molecule has 2 rings (SSSR count). The van der Waals surface area contributed by atoms with Crippen molar-refractivity contribution in [2.75, 3.05) is 5.32 Å². The van der Waals surface area contributed by atoms with Crippen LogP contribution >= 0.6 is 0 Å². The highest BCUT2D eigenvalue weighted by molar-refractivity contribution is 5.92. The molecule has 7 nitrogen and oxygen atoms in total. The van der Waals surface area contributed by atoms with Crippen molar-refractivity contribution >= 4 is 17.3 Å². The molecule has 2 aromatic rings. The summed E-state index contributed by atoms with van der Waals surface area (Å²) in [5.74, 6) is -0.517. The number of anilines is 1. The highest BCUT2D eigenvalue weighted by atomic mass is 16.6. The number of hydrogen-bond acceptors (Lipinski definition) is 5. The molecule has 0 radical (unpaired) electrons. The molecule has 110 valence electrons. The van der Waals surface area contributed by atoms with Gasteiger partial charge in [-0.15, -0.1) is 0 Å². The summed E-state index contributed by atoms with van der Waals surface area (Å²) in [6.07, 6.45) is 0. The number of nitrogens with zero attached hydrogens (tertiary/aromatic N) is 2. The third-order valence-electron chi connectivity index (χ3n) is 3.04. The van der Waals surface area contributed by atoms with E-state index < -0.39 is 10.8 Å². The van der Waals surface area contributed by atoms with Crippen LogP contribution in [0.1, 0.15) is 21.5 Å². The highest BCUT2D eigenvalue weighted by Gasteiger charge is 2.14. The summed E-state index contributed by atoms with van der Waals surface area (Å²) in [6.45, 7) is 0.314. The van der Waals surface area contributed by atoms with E-state index in [0.29, 0.717) is 17.7 Å².